The van der Waals surface area contributed by atoms with Gasteiger partial charge in [-0.05, 0) is 24.3 Å². The average Bonchev–Trinajstić information content (AvgIpc) is 2.95. The van der Waals surface area contributed by atoms with Crippen LogP contribution in [0.5, 0.6) is 0 Å². The van der Waals surface area contributed by atoms with Crippen LogP contribution < -0.4 is 5.32 Å². The van der Waals surface area contributed by atoms with Crippen LogP contribution in [0, 0.1) is 0 Å². The standard InChI is InChI=1S/C16H11ClN2O2S/c17-11-6-8-12(9-7-11)18-16-19-13(14(22-16)15(20)21)10-4-2-1-3-5-10/h1-9H,(H,18,19)(H,20,21). The number of thiazole rings is 1. The van der Waals surface area contributed by atoms with Gasteiger partial charge in [0.15, 0.2) is 5.13 Å². The van der Waals surface area contributed by atoms with E-state index < -0.39 is 5.97 Å². The molecule has 3 aromatic rings. The van der Waals surface area contributed by atoms with Gasteiger partial charge in [0, 0.05) is 16.3 Å². The number of carboxylic acid groups (broad SMARTS) is 1. The summed E-state index contributed by atoms with van der Waals surface area (Å²) in [6.07, 6.45) is 0. The predicted molar refractivity (Wildman–Crippen MR) is 89.2 cm³/mol. The minimum absolute atomic E-state index is 0.211. The monoisotopic (exact) mass is 330 g/mol. The Hall–Kier alpha value is -2.37. The van der Waals surface area contributed by atoms with Gasteiger partial charge < -0.3 is 10.4 Å². The van der Waals surface area contributed by atoms with Crippen LogP contribution in [0.4, 0.5) is 10.8 Å². The van der Waals surface area contributed by atoms with Gasteiger partial charge in [0.25, 0.3) is 0 Å². The summed E-state index contributed by atoms with van der Waals surface area (Å²) in [6.45, 7) is 0. The van der Waals surface area contributed by atoms with Crippen LogP contribution in [-0.4, -0.2) is 16.1 Å². The maximum absolute atomic E-state index is 11.4. The number of nitrogens with zero attached hydrogens (tertiary/aromatic N) is 1. The fourth-order valence-electron chi connectivity index (χ4n) is 1.97. The molecule has 0 aliphatic heterocycles. The molecule has 0 radical (unpaired) electrons. The third-order valence-electron chi connectivity index (χ3n) is 2.96. The minimum atomic E-state index is -0.986. The van der Waals surface area contributed by atoms with E-state index in [0.717, 1.165) is 22.6 Å². The molecule has 0 unspecified atom stereocenters. The normalized spacial score (nSPS) is 10.4. The first kappa shape index (κ1) is 14.6. The molecule has 2 aromatic carbocycles. The number of anilines is 2. The molecule has 0 aliphatic rings. The van der Waals surface area contributed by atoms with Crippen LogP contribution in [-0.2, 0) is 0 Å². The Morgan fingerprint density at radius 2 is 1.77 bits per heavy atom. The van der Waals surface area contributed by atoms with Gasteiger partial charge in [-0.3, -0.25) is 0 Å². The zero-order valence-electron chi connectivity index (χ0n) is 11.3. The summed E-state index contributed by atoms with van der Waals surface area (Å²) in [5.74, 6) is -0.986. The van der Waals surface area contributed by atoms with E-state index >= 15 is 0 Å². The molecule has 110 valence electrons. The van der Waals surface area contributed by atoms with Crippen molar-refractivity contribution in [2.45, 2.75) is 0 Å². The Bertz CT molecular complexity index is 801. The van der Waals surface area contributed by atoms with Crippen LogP contribution >= 0.6 is 22.9 Å². The first-order chi connectivity index (χ1) is 10.6. The first-order valence-corrected chi connectivity index (χ1v) is 7.65. The number of aromatic carboxylic acids is 1. The molecule has 0 aliphatic carbocycles. The van der Waals surface area contributed by atoms with E-state index in [1.807, 2.05) is 42.5 Å². The molecule has 0 saturated heterocycles. The number of carbonyl (C=O) groups is 1. The summed E-state index contributed by atoms with van der Waals surface area (Å²) in [5.41, 5.74) is 2.05. The van der Waals surface area contributed by atoms with Gasteiger partial charge in [-0.15, -0.1) is 0 Å². The van der Waals surface area contributed by atoms with Crippen molar-refractivity contribution in [2.75, 3.05) is 5.32 Å². The van der Waals surface area contributed by atoms with Gasteiger partial charge in [0.1, 0.15) is 4.88 Å². The number of benzene rings is 2. The Balaban J connectivity index is 1.97. The number of hydrogen-bond donors (Lipinski definition) is 2. The molecular weight excluding hydrogens is 320 g/mol. The predicted octanol–water partition coefficient (Wildman–Crippen LogP) is 4.91. The Labute approximate surface area is 136 Å². The topological polar surface area (TPSA) is 62.2 Å². The van der Waals surface area contributed by atoms with E-state index in [9.17, 15) is 9.90 Å². The highest BCUT2D eigenvalue weighted by Crippen LogP contribution is 2.32. The fraction of sp³-hybridized carbons (Fsp3) is 0. The van der Waals surface area contributed by atoms with Crippen LogP contribution in [0.25, 0.3) is 11.3 Å². The largest absolute Gasteiger partial charge is 0.477 e. The van der Waals surface area contributed by atoms with Crippen molar-refractivity contribution in [3.8, 4) is 11.3 Å². The van der Waals surface area contributed by atoms with Gasteiger partial charge in [-0.2, -0.15) is 0 Å². The molecule has 4 nitrogen and oxygen atoms in total. The Morgan fingerprint density at radius 3 is 2.41 bits per heavy atom. The molecule has 1 aromatic heterocycles. The second-order valence-corrected chi connectivity index (χ2v) is 5.94. The average molecular weight is 331 g/mol. The van der Waals surface area contributed by atoms with Gasteiger partial charge in [-0.25, -0.2) is 9.78 Å². The highest BCUT2D eigenvalue weighted by atomic mass is 35.5. The second-order valence-electron chi connectivity index (χ2n) is 4.50. The minimum Gasteiger partial charge on any atom is -0.477 e. The third kappa shape index (κ3) is 3.10. The molecule has 0 bridgehead atoms. The Morgan fingerprint density at radius 1 is 1.09 bits per heavy atom. The lowest BCUT2D eigenvalue weighted by molar-refractivity contribution is 0.0702. The van der Waals surface area contributed by atoms with E-state index in [-0.39, 0.29) is 4.88 Å². The zero-order valence-corrected chi connectivity index (χ0v) is 12.9. The molecule has 0 saturated carbocycles. The summed E-state index contributed by atoms with van der Waals surface area (Å²) in [5, 5.41) is 13.6. The summed E-state index contributed by atoms with van der Waals surface area (Å²) in [6, 6.07) is 16.4. The van der Waals surface area contributed by atoms with Crippen LogP contribution in [0.15, 0.2) is 54.6 Å². The number of hydrogen-bond acceptors (Lipinski definition) is 4. The lowest BCUT2D eigenvalue weighted by atomic mass is 10.1. The summed E-state index contributed by atoms with van der Waals surface area (Å²) in [4.78, 5) is 16.1. The molecule has 3 rings (SSSR count). The van der Waals surface area contributed by atoms with Gasteiger partial charge in [0.05, 0.1) is 5.69 Å². The molecule has 0 atom stereocenters. The SMILES string of the molecule is O=C(O)c1sc(Nc2ccc(Cl)cc2)nc1-c1ccccc1. The molecule has 6 heteroatoms. The van der Waals surface area contributed by atoms with Crippen molar-refractivity contribution in [3.05, 3.63) is 64.5 Å². The van der Waals surface area contributed by atoms with E-state index in [2.05, 4.69) is 10.3 Å². The fourth-order valence-corrected chi connectivity index (χ4v) is 2.94. The van der Waals surface area contributed by atoms with Crippen molar-refractivity contribution in [2.24, 2.45) is 0 Å². The number of halogens is 1. The summed E-state index contributed by atoms with van der Waals surface area (Å²) >= 11 is 6.95. The maximum atomic E-state index is 11.4. The van der Waals surface area contributed by atoms with Crippen molar-refractivity contribution in [1.29, 1.82) is 0 Å². The molecule has 0 amide bonds. The highest BCUT2D eigenvalue weighted by molar-refractivity contribution is 7.18. The first-order valence-electron chi connectivity index (χ1n) is 6.45. The van der Waals surface area contributed by atoms with Crippen molar-refractivity contribution < 1.29 is 9.90 Å². The highest BCUT2D eigenvalue weighted by Gasteiger charge is 2.18. The van der Waals surface area contributed by atoms with E-state index in [1.165, 1.54) is 0 Å². The molecular formula is C16H11ClN2O2S. The number of nitrogens with one attached hydrogen (secondary N) is 1. The third-order valence-corrected chi connectivity index (χ3v) is 4.17. The van der Waals surface area contributed by atoms with Gasteiger partial charge in [-0.1, -0.05) is 53.3 Å². The number of aromatic nitrogens is 1. The lowest BCUT2D eigenvalue weighted by Gasteiger charge is -2.01. The van der Waals surface area contributed by atoms with E-state index in [4.69, 9.17) is 11.6 Å². The molecule has 0 fully saturated rings. The van der Waals surface area contributed by atoms with Crippen molar-refractivity contribution >= 4 is 39.7 Å². The summed E-state index contributed by atoms with van der Waals surface area (Å²) < 4.78 is 0. The quantitative estimate of drug-likeness (QED) is 0.713. The van der Waals surface area contributed by atoms with E-state index in [1.54, 1.807) is 12.1 Å². The van der Waals surface area contributed by atoms with Crippen LogP contribution in [0.2, 0.25) is 5.02 Å². The van der Waals surface area contributed by atoms with Gasteiger partial charge >= 0.3 is 5.97 Å². The second kappa shape index (κ2) is 6.17. The maximum Gasteiger partial charge on any atom is 0.348 e. The smallest absolute Gasteiger partial charge is 0.348 e. The molecule has 0 spiro atoms. The van der Waals surface area contributed by atoms with Crippen LogP contribution in [0.1, 0.15) is 9.67 Å². The van der Waals surface area contributed by atoms with Gasteiger partial charge in [0.2, 0.25) is 0 Å². The zero-order chi connectivity index (χ0) is 15.5. The lowest BCUT2D eigenvalue weighted by Crippen LogP contribution is -1.95. The Kier molecular flexibility index (Phi) is 4.09. The van der Waals surface area contributed by atoms with Crippen molar-refractivity contribution in [3.63, 3.8) is 0 Å². The number of rotatable bonds is 4. The van der Waals surface area contributed by atoms with Crippen LogP contribution in [0.3, 0.4) is 0 Å². The summed E-state index contributed by atoms with van der Waals surface area (Å²) in [7, 11) is 0. The molecule has 1 heterocycles. The van der Waals surface area contributed by atoms with Crippen molar-refractivity contribution in [1.82, 2.24) is 4.98 Å². The number of carboxylic acids is 1. The van der Waals surface area contributed by atoms with E-state index in [0.29, 0.717) is 15.8 Å². The molecule has 22 heavy (non-hydrogen) atoms. The molecule has 2 N–H and O–H groups in total.